The van der Waals surface area contributed by atoms with Crippen LogP contribution in [0.1, 0.15) is 29.9 Å². The number of hydrogen-bond acceptors (Lipinski definition) is 4. The van der Waals surface area contributed by atoms with Crippen LogP contribution in [0.3, 0.4) is 0 Å². The van der Waals surface area contributed by atoms with Crippen molar-refractivity contribution >= 4 is 5.91 Å². The minimum Gasteiger partial charge on any atom is -0.352 e. The van der Waals surface area contributed by atoms with Crippen molar-refractivity contribution in [1.29, 1.82) is 0 Å². The number of aryl methyl sites for hydroxylation is 2. The number of rotatable bonds is 7. The Morgan fingerprint density at radius 1 is 1.19 bits per heavy atom. The first-order valence-corrected chi connectivity index (χ1v) is 8.51. The summed E-state index contributed by atoms with van der Waals surface area (Å²) < 4.78 is 18.7. The van der Waals surface area contributed by atoms with E-state index in [4.69, 9.17) is 4.52 Å². The Kier molecular flexibility index (Phi) is 5.73. The molecular weight excluding hydrogens is 333 g/mol. The van der Waals surface area contributed by atoms with Gasteiger partial charge in [-0.05, 0) is 30.5 Å². The van der Waals surface area contributed by atoms with Crippen molar-refractivity contribution in [1.82, 2.24) is 15.5 Å². The molecule has 5 nitrogen and oxygen atoms in total. The number of halogens is 1. The molecule has 6 heteroatoms. The molecule has 0 fully saturated rings. The highest BCUT2D eigenvalue weighted by Crippen LogP contribution is 2.15. The van der Waals surface area contributed by atoms with E-state index in [9.17, 15) is 9.18 Å². The van der Waals surface area contributed by atoms with Crippen LogP contribution in [0.15, 0.2) is 53.1 Å². The maximum atomic E-state index is 13.5. The average Bonchev–Trinajstić information content (AvgIpc) is 3.12. The Balaban J connectivity index is 1.42. The highest BCUT2D eigenvalue weighted by Gasteiger charge is 2.09. The van der Waals surface area contributed by atoms with E-state index in [1.54, 1.807) is 13.0 Å². The van der Waals surface area contributed by atoms with Crippen molar-refractivity contribution in [2.45, 2.75) is 32.7 Å². The maximum Gasteiger partial charge on any atom is 0.226 e. The molecule has 134 valence electrons. The third-order valence-corrected chi connectivity index (χ3v) is 4.02. The molecule has 0 radical (unpaired) electrons. The van der Waals surface area contributed by atoms with E-state index in [0.717, 1.165) is 11.1 Å². The summed E-state index contributed by atoms with van der Waals surface area (Å²) in [5.74, 6) is 0.708. The predicted molar refractivity (Wildman–Crippen MR) is 95.7 cm³/mol. The van der Waals surface area contributed by atoms with Crippen LogP contribution in [0, 0.1) is 12.7 Å². The van der Waals surface area contributed by atoms with Gasteiger partial charge in [-0.2, -0.15) is 4.98 Å². The van der Waals surface area contributed by atoms with Gasteiger partial charge in [0, 0.05) is 24.9 Å². The molecule has 2 aromatic carbocycles. The summed E-state index contributed by atoms with van der Waals surface area (Å²) in [5, 5.41) is 6.74. The van der Waals surface area contributed by atoms with Crippen LogP contribution in [0.5, 0.6) is 0 Å². The lowest BCUT2D eigenvalue weighted by Gasteiger charge is -2.06. The molecule has 0 spiro atoms. The number of carbonyl (C=O) groups is 1. The molecule has 0 saturated carbocycles. The number of amides is 1. The number of carbonyl (C=O) groups excluding carboxylic acids is 1. The molecule has 26 heavy (non-hydrogen) atoms. The van der Waals surface area contributed by atoms with Gasteiger partial charge in [0.1, 0.15) is 5.82 Å². The van der Waals surface area contributed by atoms with Crippen molar-refractivity contribution in [2.75, 3.05) is 0 Å². The van der Waals surface area contributed by atoms with Gasteiger partial charge in [-0.1, -0.05) is 47.6 Å². The Bertz CT molecular complexity index is 878. The van der Waals surface area contributed by atoms with E-state index in [2.05, 4.69) is 15.5 Å². The normalized spacial score (nSPS) is 10.7. The lowest BCUT2D eigenvalue weighted by molar-refractivity contribution is -0.121. The summed E-state index contributed by atoms with van der Waals surface area (Å²) in [4.78, 5) is 16.3. The second-order valence-corrected chi connectivity index (χ2v) is 6.09. The van der Waals surface area contributed by atoms with E-state index < -0.39 is 0 Å². The standard InChI is InChI=1S/C20H20FN3O2/c1-14-10-11-15(12-17(14)21)13-22-18(25)8-5-9-19-23-20(24-26-19)16-6-3-2-4-7-16/h2-4,6-7,10-12H,5,8-9,13H2,1H3,(H,22,25). The molecule has 0 saturated heterocycles. The molecule has 0 bridgehead atoms. The van der Waals surface area contributed by atoms with E-state index in [1.165, 1.54) is 6.07 Å². The fourth-order valence-electron chi connectivity index (χ4n) is 2.50. The zero-order chi connectivity index (χ0) is 18.4. The molecule has 0 aliphatic heterocycles. The largest absolute Gasteiger partial charge is 0.352 e. The number of aromatic nitrogens is 2. The van der Waals surface area contributed by atoms with Crippen molar-refractivity contribution in [3.8, 4) is 11.4 Å². The van der Waals surface area contributed by atoms with Crippen molar-refractivity contribution in [3.63, 3.8) is 0 Å². The van der Waals surface area contributed by atoms with E-state index in [-0.39, 0.29) is 11.7 Å². The predicted octanol–water partition coefficient (Wildman–Crippen LogP) is 3.82. The van der Waals surface area contributed by atoms with Crippen LogP contribution in [0.2, 0.25) is 0 Å². The fourth-order valence-corrected chi connectivity index (χ4v) is 2.50. The molecule has 3 rings (SSSR count). The number of nitrogens with zero attached hydrogens (tertiary/aromatic N) is 2. The second kappa shape index (κ2) is 8.38. The first-order chi connectivity index (χ1) is 12.6. The van der Waals surface area contributed by atoms with E-state index in [0.29, 0.717) is 43.1 Å². The Morgan fingerprint density at radius 2 is 2.00 bits per heavy atom. The van der Waals surface area contributed by atoms with Gasteiger partial charge in [0.25, 0.3) is 0 Å². The summed E-state index contributed by atoms with van der Waals surface area (Å²) in [7, 11) is 0. The van der Waals surface area contributed by atoms with Crippen molar-refractivity contribution in [3.05, 3.63) is 71.4 Å². The molecule has 0 unspecified atom stereocenters. The average molecular weight is 353 g/mol. The lowest BCUT2D eigenvalue weighted by Crippen LogP contribution is -2.22. The third-order valence-electron chi connectivity index (χ3n) is 4.02. The second-order valence-electron chi connectivity index (χ2n) is 6.09. The molecule has 1 amide bonds. The van der Waals surface area contributed by atoms with Crippen LogP contribution >= 0.6 is 0 Å². The Morgan fingerprint density at radius 3 is 2.77 bits per heavy atom. The minimum absolute atomic E-state index is 0.0891. The molecule has 1 aromatic heterocycles. The molecule has 3 aromatic rings. The summed E-state index contributed by atoms with van der Waals surface area (Å²) in [5.41, 5.74) is 2.23. The van der Waals surface area contributed by atoms with Crippen LogP contribution in [-0.4, -0.2) is 16.0 Å². The third kappa shape index (κ3) is 4.75. The molecule has 0 aliphatic rings. The molecule has 1 N–H and O–H groups in total. The highest BCUT2D eigenvalue weighted by atomic mass is 19.1. The van der Waals surface area contributed by atoms with Crippen LogP contribution in [0.25, 0.3) is 11.4 Å². The van der Waals surface area contributed by atoms with Gasteiger partial charge >= 0.3 is 0 Å². The summed E-state index contributed by atoms with van der Waals surface area (Å²) in [6, 6.07) is 14.5. The summed E-state index contributed by atoms with van der Waals surface area (Å²) in [6.45, 7) is 2.02. The Labute approximate surface area is 151 Å². The summed E-state index contributed by atoms with van der Waals surface area (Å²) >= 11 is 0. The zero-order valence-corrected chi connectivity index (χ0v) is 14.5. The van der Waals surface area contributed by atoms with Crippen molar-refractivity contribution < 1.29 is 13.7 Å². The minimum atomic E-state index is -0.262. The van der Waals surface area contributed by atoms with Crippen LogP contribution < -0.4 is 5.32 Å². The first kappa shape index (κ1) is 17.8. The van der Waals surface area contributed by atoms with Crippen LogP contribution in [-0.2, 0) is 17.8 Å². The highest BCUT2D eigenvalue weighted by molar-refractivity contribution is 5.75. The quantitative estimate of drug-likeness (QED) is 0.701. The fraction of sp³-hybridized carbons (Fsp3) is 0.250. The topological polar surface area (TPSA) is 68.0 Å². The van der Waals surface area contributed by atoms with Gasteiger partial charge in [-0.3, -0.25) is 4.79 Å². The number of benzene rings is 2. The maximum absolute atomic E-state index is 13.5. The van der Waals surface area contributed by atoms with Crippen molar-refractivity contribution in [2.24, 2.45) is 0 Å². The Hall–Kier alpha value is -3.02. The van der Waals surface area contributed by atoms with Gasteiger partial charge in [0.05, 0.1) is 0 Å². The molecule has 1 heterocycles. The molecule has 0 atom stereocenters. The molecule has 0 aliphatic carbocycles. The lowest BCUT2D eigenvalue weighted by atomic mass is 10.1. The van der Waals surface area contributed by atoms with Gasteiger partial charge < -0.3 is 9.84 Å². The SMILES string of the molecule is Cc1ccc(CNC(=O)CCCc2nc(-c3ccccc3)no2)cc1F. The van der Waals surface area contributed by atoms with E-state index >= 15 is 0 Å². The zero-order valence-electron chi connectivity index (χ0n) is 14.5. The van der Waals surface area contributed by atoms with Gasteiger partial charge in [-0.15, -0.1) is 0 Å². The first-order valence-electron chi connectivity index (χ1n) is 8.51. The monoisotopic (exact) mass is 353 g/mol. The summed E-state index contributed by atoms with van der Waals surface area (Å²) in [6.07, 6.45) is 1.48. The molecular formula is C20H20FN3O2. The number of nitrogens with one attached hydrogen (secondary N) is 1. The number of hydrogen-bond donors (Lipinski definition) is 1. The smallest absolute Gasteiger partial charge is 0.226 e. The van der Waals surface area contributed by atoms with Gasteiger partial charge in [0.2, 0.25) is 17.6 Å². The van der Waals surface area contributed by atoms with Crippen LogP contribution in [0.4, 0.5) is 4.39 Å². The van der Waals surface area contributed by atoms with E-state index in [1.807, 2.05) is 36.4 Å². The van der Waals surface area contributed by atoms with Gasteiger partial charge in [0.15, 0.2) is 0 Å². The van der Waals surface area contributed by atoms with Gasteiger partial charge in [-0.25, -0.2) is 4.39 Å².